The number of esters is 1. The van der Waals surface area contributed by atoms with E-state index in [0.29, 0.717) is 19.1 Å². The Hall–Kier alpha value is -0.830. The summed E-state index contributed by atoms with van der Waals surface area (Å²) in [5.74, 6) is 0.176. The van der Waals surface area contributed by atoms with Gasteiger partial charge in [-0.3, -0.25) is 4.79 Å². The molecule has 3 nitrogen and oxygen atoms in total. The number of hydrogen-bond acceptors (Lipinski definition) is 3. The van der Waals surface area contributed by atoms with Crippen LogP contribution in [0.15, 0.2) is 12.7 Å². The summed E-state index contributed by atoms with van der Waals surface area (Å²) in [6.45, 7) is 4.22. The lowest BCUT2D eigenvalue weighted by atomic mass is 9.80. The van der Waals surface area contributed by atoms with E-state index < -0.39 is 0 Å². The van der Waals surface area contributed by atoms with Crippen molar-refractivity contribution in [3.05, 3.63) is 12.7 Å². The largest absolute Gasteiger partial charge is 0.461 e. The van der Waals surface area contributed by atoms with Gasteiger partial charge in [0.25, 0.3) is 0 Å². The fourth-order valence-electron chi connectivity index (χ4n) is 2.27. The third-order valence-corrected chi connectivity index (χ3v) is 3.12. The first-order chi connectivity index (χ1) is 7.29. The maximum atomic E-state index is 11.7. The van der Waals surface area contributed by atoms with Crippen LogP contribution in [0.5, 0.6) is 0 Å². The summed E-state index contributed by atoms with van der Waals surface area (Å²) in [5.41, 5.74) is 5.65. The van der Waals surface area contributed by atoms with Gasteiger partial charge in [0, 0.05) is 6.54 Å². The molecule has 1 unspecified atom stereocenters. The fraction of sp³-hybridized carbons (Fsp3) is 0.750. The van der Waals surface area contributed by atoms with Crippen LogP contribution in [-0.4, -0.2) is 19.1 Å². The minimum absolute atomic E-state index is 0.106. The maximum Gasteiger partial charge on any atom is 0.310 e. The zero-order chi connectivity index (χ0) is 11.1. The molecule has 1 fully saturated rings. The van der Waals surface area contributed by atoms with Crippen molar-refractivity contribution in [2.45, 2.75) is 32.1 Å². The van der Waals surface area contributed by atoms with Gasteiger partial charge in [-0.15, -0.1) is 0 Å². The molecule has 0 bridgehead atoms. The van der Waals surface area contributed by atoms with Gasteiger partial charge in [0.1, 0.15) is 6.61 Å². The molecule has 0 aromatic carbocycles. The van der Waals surface area contributed by atoms with Crippen LogP contribution in [0.2, 0.25) is 0 Å². The average Bonchev–Trinajstić information content (AvgIpc) is 2.29. The molecule has 0 aromatic rings. The minimum atomic E-state index is -0.149. The highest BCUT2D eigenvalue weighted by Gasteiger charge is 2.29. The van der Waals surface area contributed by atoms with Gasteiger partial charge in [-0.2, -0.15) is 0 Å². The second-order valence-electron chi connectivity index (χ2n) is 4.16. The van der Waals surface area contributed by atoms with E-state index in [1.54, 1.807) is 6.08 Å². The van der Waals surface area contributed by atoms with Gasteiger partial charge in [-0.05, 0) is 18.8 Å². The van der Waals surface area contributed by atoms with Crippen molar-refractivity contribution in [3.63, 3.8) is 0 Å². The van der Waals surface area contributed by atoms with Crippen molar-refractivity contribution in [2.75, 3.05) is 13.2 Å². The van der Waals surface area contributed by atoms with E-state index in [4.69, 9.17) is 10.5 Å². The molecule has 15 heavy (non-hydrogen) atoms. The third kappa shape index (κ3) is 3.67. The Morgan fingerprint density at radius 1 is 1.47 bits per heavy atom. The Morgan fingerprint density at radius 2 is 2.13 bits per heavy atom. The molecular weight excluding hydrogens is 190 g/mol. The standard InChI is InChI=1S/C12H21NO2/c1-2-8-15-12(14)11(9-13)10-6-4-3-5-7-10/h2,10-11H,1,3-9,13H2. The van der Waals surface area contributed by atoms with E-state index in [-0.39, 0.29) is 11.9 Å². The molecule has 0 saturated heterocycles. The topological polar surface area (TPSA) is 52.3 Å². The van der Waals surface area contributed by atoms with E-state index in [1.165, 1.54) is 19.3 Å². The van der Waals surface area contributed by atoms with E-state index >= 15 is 0 Å². The summed E-state index contributed by atoms with van der Waals surface area (Å²) in [7, 11) is 0. The summed E-state index contributed by atoms with van der Waals surface area (Å²) in [5, 5.41) is 0. The molecule has 0 amide bonds. The van der Waals surface area contributed by atoms with Gasteiger partial charge in [0.2, 0.25) is 0 Å². The zero-order valence-corrected chi connectivity index (χ0v) is 9.28. The van der Waals surface area contributed by atoms with E-state index in [1.807, 2.05) is 0 Å². The quantitative estimate of drug-likeness (QED) is 0.558. The first-order valence-electron chi connectivity index (χ1n) is 5.77. The molecule has 1 aliphatic rings. The first-order valence-corrected chi connectivity index (χ1v) is 5.77. The van der Waals surface area contributed by atoms with E-state index in [0.717, 1.165) is 12.8 Å². The van der Waals surface area contributed by atoms with Gasteiger partial charge in [-0.25, -0.2) is 0 Å². The van der Waals surface area contributed by atoms with Crippen molar-refractivity contribution >= 4 is 5.97 Å². The first kappa shape index (κ1) is 12.2. The molecule has 3 heteroatoms. The van der Waals surface area contributed by atoms with Gasteiger partial charge in [-0.1, -0.05) is 31.9 Å². The number of nitrogens with two attached hydrogens (primary N) is 1. The summed E-state index contributed by atoms with van der Waals surface area (Å²) in [6, 6.07) is 0. The summed E-state index contributed by atoms with van der Waals surface area (Å²) in [6.07, 6.45) is 7.55. The average molecular weight is 211 g/mol. The van der Waals surface area contributed by atoms with Gasteiger partial charge in [0.15, 0.2) is 0 Å². The van der Waals surface area contributed by atoms with Crippen molar-refractivity contribution in [1.29, 1.82) is 0 Å². The van der Waals surface area contributed by atoms with Crippen molar-refractivity contribution < 1.29 is 9.53 Å². The molecule has 2 N–H and O–H groups in total. The number of ether oxygens (including phenoxy) is 1. The highest BCUT2D eigenvalue weighted by atomic mass is 16.5. The number of rotatable bonds is 5. The highest BCUT2D eigenvalue weighted by molar-refractivity contribution is 5.73. The van der Waals surface area contributed by atoms with Crippen LogP contribution >= 0.6 is 0 Å². The molecule has 1 saturated carbocycles. The molecule has 1 atom stereocenters. The highest BCUT2D eigenvalue weighted by Crippen LogP contribution is 2.30. The molecule has 86 valence electrons. The van der Waals surface area contributed by atoms with Crippen LogP contribution in [0.25, 0.3) is 0 Å². The molecule has 1 rings (SSSR count). The van der Waals surface area contributed by atoms with Crippen LogP contribution in [0, 0.1) is 11.8 Å². The lowest BCUT2D eigenvalue weighted by Crippen LogP contribution is -2.33. The Kier molecular flexibility index (Phi) is 5.40. The molecule has 0 radical (unpaired) electrons. The van der Waals surface area contributed by atoms with Crippen LogP contribution in [0.3, 0.4) is 0 Å². The lowest BCUT2D eigenvalue weighted by molar-refractivity contribution is -0.149. The van der Waals surface area contributed by atoms with Crippen molar-refractivity contribution in [3.8, 4) is 0 Å². The van der Waals surface area contributed by atoms with Gasteiger partial charge >= 0.3 is 5.97 Å². The predicted octanol–water partition coefficient (Wildman–Crippen LogP) is 1.87. The fourth-order valence-corrected chi connectivity index (χ4v) is 2.27. The van der Waals surface area contributed by atoms with Crippen LogP contribution in [0.4, 0.5) is 0 Å². The van der Waals surface area contributed by atoms with Crippen LogP contribution in [-0.2, 0) is 9.53 Å². The predicted molar refractivity (Wildman–Crippen MR) is 60.3 cm³/mol. The second-order valence-corrected chi connectivity index (χ2v) is 4.16. The van der Waals surface area contributed by atoms with Gasteiger partial charge < -0.3 is 10.5 Å². The summed E-state index contributed by atoms with van der Waals surface area (Å²) >= 11 is 0. The van der Waals surface area contributed by atoms with Gasteiger partial charge in [0.05, 0.1) is 5.92 Å². The summed E-state index contributed by atoms with van der Waals surface area (Å²) < 4.78 is 5.06. The van der Waals surface area contributed by atoms with Crippen LogP contribution in [0.1, 0.15) is 32.1 Å². The van der Waals surface area contributed by atoms with E-state index in [2.05, 4.69) is 6.58 Å². The number of carbonyl (C=O) groups excluding carboxylic acids is 1. The molecule has 1 aliphatic carbocycles. The Morgan fingerprint density at radius 3 is 2.67 bits per heavy atom. The number of carbonyl (C=O) groups is 1. The Bertz CT molecular complexity index is 210. The SMILES string of the molecule is C=CCOC(=O)C(CN)C1CCCCC1. The lowest BCUT2D eigenvalue weighted by Gasteiger charge is -2.27. The normalized spacial score (nSPS) is 19.5. The molecular formula is C12H21NO2. The minimum Gasteiger partial charge on any atom is -0.461 e. The van der Waals surface area contributed by atoms with Crippen molar-refractivity contribution in [1.82, 2.24) is 0 Å². The molecule has 0 heterocycles. The Balaban J connectivity index is 2.44. The Labute approximate surface area is 91.7 Å². The maximum absolute atomic E-state index is 11.7. The monoisotopic (exact) mass is 211 g/mol. The summed E-state index contributed by atoms with van der Waals surface area (Å²) in [4.78, 5) is 11.7. The molecule has 0 spiro atoms. The number of hydrogen-bond donors (Lipinski definition) is 1. The second kappa shape index (κ2) is 6.62. The van der Waals surface area contributed by atoms with Crippen molar-refractivity contribution in [2.24, 2.45) is 17.6 Å². The van der Waals surface area contributed by atoms with Crippen LogP contribution < -0.4 is 5.73 Å². The third-order valence-electron chi connectivity index (χ3n) is 3.12. The van der Waals surface area contributed by atoms with E-state index in [9.17, 15) is 4.79 Å². The molecule has 0 aliphatic heterocycles. The molecule has 0 aromatic heterocycles. The zero-order valence-electron chi connectivity index (χ0n) is 9.28. The smallest absolute Gasteiger partial charge is 0.310 e.